The van der Waals surface area contributed by atoms with Gasteiger partial charge in [-0.2, -0.15) is 0 Å². The van der Waals surface area contributed by atoms with Crippen LogP contribution in [-0.2, 0) is 9.47 Å². The van der Waals surface area contributed by atoms with Crippen LogP contribution in [-0.4, -0.2) is 118 Å². The minimum absolute atomic E-state index is 0.105. The molecule has 0 bridgehead atoms. The highest BCUT2D eigenvalue weighted by Gasteiger charge is 2.50. The van der Waals surface area contributed by atoms with Gasteiger partial charge in [0.25, 0.3) is 0 Å². The van der Waals surface area contributed by atoms with Gasteiger partial charge in [-0.05, 0) is 17.7 Å². The van der Waals surface area contributed by atoms with E-state index in [0.717, 1.165) is 6.26 Å². The third kappa shape index (κ3) is 4.69. The van der Waals surface area contributed by atoms with Crippen LogP contribution in [0.2, 0.25) is 0 Å². The van der Waals surface area contributed by atoms with Crippen molar-refractivity contribution in [3.8, 4) is 28.4 Å². The van der Waals surface area contributed by atoms with Crippen molar-refractivity contribution < 1.29 is 70.1 Å². The quantitative estimate of drug-likeness (QED) is 0.147. The fourth-order valence-electron chi connectivity index (χ4n) is 5.43. The predicted octanol–water partition coefficient (Wildman–Crippen LogP) is -2.39. The molecule has 2 fully saturated rings. The maximum Gasteiger partial charge on any atom is 0.204 e. The second-order valence-electron chi connectivity index (χ2n) is 10.3. The summed E-state index contributed by atoms with van der Waals surface area (Å²) < 4.78 is 16.8. The van der Waals surface area contributed by atoms with Gasteiger partial charge in [-0.15, -0.1) is 0 Å². The SMILES string of the molecule is O=c1c(-c2ccc(O)cc2)coc2c([C@H]3O[C@H](CO)[C@H](O)[C@H](O)[C@H]3O)c(O)c([C@@H]3O[C@@H](CO)[C@@H](O)[C@@H](O)[C@@H]3O)c(O)c12. The molecule has 42 heavy (non-hydrogen) atoms. The van der Waals surface area contributed by atoms with Crippen molar-refractivity contribution in [3.05, 3.63) is 51.9 Å². The van der Waals surface area contributed by atoms with Crippen LogP contribution in [0, 0.1) is 0 Å². The lowest BCUT2D eigenvalue weighted by Gasteiger charge is -2.42. The highest BCUT2D eigenvalue weighted by molar-refractivity contribution is 5.93. The van der Waals surface area contributed by atoms with Crippen LogP contribution >= 0.6 is 0 Å². The molecule has 15 heteroatoms. The van der Waals surface area contributed by atoms with Gasteiger partial charge in [-0.25, -0.2) is 0 Å². The molecule has 0 radical (unpaired) electrons. The molecule has 1 aromatic heterocycles. The summed E-state index contributed by atoms with van der Waals surface area (Å²) in [5.74, 6) is -2.09. The Bertz CT molecular complexity index is 1500. The third-order valence-electron chi connectivity index (χ3n) is 7.77. The molecule has 0 amide bonds. The molecular formula is C27H30O15. The van der Waals surface area contributed by atoms with Crippen molar-refractivity contribution in [1.82, 2.24) is 0 Å². The number of aromatic hydroxyl groups is 3. The van der Waals surface area contributed by atoms with Crippen molar-refractivity contribution in [2.45, 2.75) is 61.0 Å². The summed E-state index contributed by atoms with van der Waals surface area (Å²) in [6.45, 7) is -1.70. The zero-order valence-corrected chi connectivity index (χ0v) is 21.6. The molecule has 3 aromatic rings. The van der Waals surface area contributed by atoms with E-state index < -0.39 is 113 Å². The van der Waals surface area contributed by atoms with Gasteiger partial charge in [0, 0.05) is 0 Å². The molecule has 0 unspecified atom stereocenters. The fourth-order valence-corrected chi connectivity index (χ4v) is 5.43. The minimum atomic E-state index is -2.04. The van der Waals surface area contributed by atoms with Crippen molar-refractivity contribution in [2.75, 3.05) is 13.2 Å². The van der Waals surface area contributed by atoms with E-state index in [2.05, 4.69) is 0 Å². The van der Waals surface area contributed by atoms with Crippen LogP contribution in [0.15, 0.2) is 39.7 Å². The molecule has 15 nitrogen and oxygen atoms in total. The summed E-state index contributed by atoms with van der Waals surface area (Å²) in [5.41, 5.74) is -2.63. The predicted molar refractivity (Wildman–Crippen MR) is 138 cm³/mol. The molecule has 5 rings (SSSR count). The summed E-state index contributed by atoms with van der Waals surface area (Å²) in [6.07, 6.45) is -17.2. The number of hydrogen-bond donors (Lipinski definition) is 11. The molecule has 2 aliphatic heterocycles. The molecule has 0 saturated carbocycles. The van der Waals surface area contributed by atoms with E-state index in [1.807, 2.05) is 0 Å². The summed E-state index contributed by atoms with van der Waals surface area (Å²) in [4.78, 5) is 13.8. The zero-order chi connectivity index (χ0) is 30.6. The van der Waals surface area contributed by atoms with Crippen LogP contribution in [0.25, 0.3) is 22.1 Å². The van der Waals surface area contributed by atoms with E-state index in [1.165, 1.54) is 24.3 Å². The summed E-state index contributed by atoms with van der Waals surface area (Å²) >= 11 is 0. The lowest BCUT2D eigenvalue weighted by Crippen LogP contribution is -2.55. The summed E-state index contributed by atoms with van der Waals surface area (Å²) in [5, 5.41) is 114. The van der Waals surface area contributed by atoms with Gasteiger partial charge >= 0.3 is 0 Å². The Balaban J connectivity index is 1.82. The average Bonchev–Trinajstić information content (AvgIpc) is 2.97. The summed E-state index contributed by atoms with van der Waals surface area (Å²) in [6, 6.07) is 5.33. The maximum absolute atomic E-state index is 13.8. The first-order chi connectivity index (χ1) is 19.9. The maximum atomic E-state index is 13.8. The largest absolute Gasteiger partial charge is 0.508 e. The standard InChI is InChI=1S/C27H30O15/c28-5-11-17(32)21(36)23(38)26(41-11)14-19(34)13-16(31)10(8-1-3-9(30)4-2-8)7-40-25(13)15(20(14)35)27-24(39)22(37)18(33)12(6-29)42-27/h1-4,7,11-12,17-18,21-24,26-30,32-39H,5-6H2/t11-,12+,17+,18-,21+,22-,23-,24+,26-,27+/m0/s1. The van der Waals surface area contributed by atoms with Gasteiger partial charge in [0.15, 0.2) is 5.58 Å². The smallest absolute Gasteiger partial charge is 0.204 e. The molecule has 3 heterocycles. The van der Waals surface area contributed by atoms with E-state index in [0.29, 0.717) is 0 Å². The Morgan fingerprint density at radius 1 is 0.643 bits per heavy atom. The van der Waals surface area contributed by atoms with Crippen molar-refractivity contribution in [3.63, 3.8) is 0 Å². The number of rotatable bonds is 5. The summed E-state index contributed by atoms with van der Waals surface area (Å²) in [7, 11) is 0. The van der Waals surface area contributed by atoms with Gasteiger partial charge < -0.3 is 70.1 Å². The van der Waals surface area contributed by atoms with E-state index in [9.17, 15) is 61.0 Å². The van der Waals surface area contributed by atoms with Crippen LogP contribution in [0.1, 0.15) is 23.3 Å². The lowest BCUT2D eigenvalue weighted by atomic mass is 9.85. The van der Waals surface area contributed by atoms with Gasteiger partial charge in [-0.3, -0.25) is 4.79 Å². The van der Waals surface area contributed by atoms with Crippen molar-refractivity contribution in [1.29, 1.82) is 0 Å². The Labute approximate surface area is 235 Å². The van der Waals surface area contributed by atoms with Crippen molar-refractivity contribution in [2.24, 2.45) is 0 Å². The number of aliphatic hydroxyl groups is 8. The van der Waals surface area contributed by atoms with E-state index >= 15 is 0 Å². The van der Waals surface area contributed by atoms with E-state index in [1.54, 1.807) is 0 Å². The first-order valence-corrected chi connectivity index (χ1v) is 12.9. The lowest BCUT2D eigenvalue weighted by molar-refractivity contribution is -0.234. The number of ether oxygens (including phenoxy) is 2. The van der Waals surface area contributed by atoms with Gasteiger partial charge in [-0.1, -0.05) is 12.1 Å². The normalized spacial score (nSPS) is 33.6. The Morgan fingerprint density at radius 2 is 1.14 bits per heavy atom. The number of benzene rings is 2. The third-order valence-corrected chi connectivity index (χ3v) is 7.77. The molecule has 2 aromatic carbocycles. The monoisotopic (exact) mass is 594 g/mol. The molecule has 11 N–H and O–H groups in total. The van der Waals surface area contributed by atoms with Gasteiger partial charge in [0.05, 0.1) is 29.9 Å². The average molecular weight is 595 g/mol. The highest BCUT2D eigenvalue weighted by Crippen LogP contribution is 2.50. The molecule has 2 aliphatic rings. The second-order valence-corrected chi connectivity index (χ2v) is 10.3. The van der Waals surface area contributed by atoms with Crippen LogP contribution in [0.4, 0.5) is 0 Å². The fraction of sp³-hybridized carbons (Fsp3) is 0.444. The Kier molecular flexibility index (Phi) is 8.16. The van der Waals surface area contributed by atoms with Gasteiger partial charge in [0.2, 0.25) is 5.43 Å². The Morgan fingerprint density at radius 3 is 1.64 bits per heavy atom. The molecule has 2 saturated heterocycles. The molecule has 0 aliphatic carbocycles. The first kappa shape index (κ1) is 30.1. The number of hydrogen-bond acceptors (Lipinski definition) is 15. The number of aliphatic hydroxyl groups excluding tert-OH is 8. The van der Waals surface area contributed by atoms with Crippen LogP contribution in [0.3, 0.4) is 0 Å². The highest BCUT2D eigenvalue weighted by atomic mass is 16.6. The Hall–Kier alpha value is -3.35. The minimum Gasteiger partial charge on any atom is -0.508 e. The molecule has 0 spiro atoms. The van der Waals surface area contributed by atoms with E-state index in [-0.39, 0.29) is 16.9 Å². The number of fused-ring (bicyclic) bond motifs is 1. The molecular weight excluding hydrogens is 564 g/mol. The van der Waals surface area contributed by atoms with Crippen LogP contribution < -0.4 is 5.43 Å². The number of phenols is 3. The molecule has 228 valence electrons. The number of phenolic OH excluding ortho intramolecular Hbond substituents is 3. The zero-order valence-electron chi connectivity index (χ0n) is 21.6. The van der Waals surface area contributed by atoms with Crippen LogP contribution in [0.5, 0.6) is 17.2 Å². The van der Waals surface area contributed by atoms with E-state index in [4.69, 9.17) is 13.9 Å². The molecule has 10 atom stereocenters. The first-order valence-electron chi connectivity index (χ1n) is 12.9. The van der Waals surface area contributed by atoms with Gasteiger partial charge in [0.1, 0.15) is 89.9 Å². The van der Waals surface area contributed by atoms with Crippen molar-refractivity contribution >= 4 is 11.0 Å². The topological polar surface area (TPSA) is 271 Å². The second kappa shape index (κ2) is 11.4.